The highest BCUT2D eigenvalue weighted by atomic mass is 19.4. The van der Waals surface area contributed by atoms with E-state index in [9.17, 15) is 52.7 Å². The monoisotopic (exact) mass is 440 g/mol. The topological polar surface area (TPSA) is 0 Å². The van der Waals surface area contributed by atoms with Crippen molar-refractivity contribution in [3.8, 4) is 11.1 Å². The second-order valence-corrected chi connectivity index (χ2v) is 5.92. The Kier molecular flexibility index (Phi) is 5.40. The fourth-order valence-electron chi connectivity index (χ4n) is 2.78. The number of halogens is 12. The highest BCUT2D eigenvalue weighted by Crippen LogP contribution is 2.48. The molecule has 2 rings (SSSR count). The van der Waals surface area contributed by atoms with E-state index in [1.54, 1.807) is 0 Å². The lowest BCUT2D eigenvalue weighted by Crippen LogP contribution is -2.17. The minimum atomic E-state index is -5.47. The van der Waals surface area contributed by atoms with Crippen molar-refractivity contribution < 1.29 is 52.7 Å². The second-order valence-electron chi connectivity index (χ2n) is 5.92. The molecule has 0 saturated heterocycles. The maximum absolute atomic E-state index is 13.2. The van der Waals surface area contributed by atoms with Crippen molar-refractivity contribution in [1.29, 1.82) is 0 Å². The zero-order valence-electron chi connectivity index (χ0n) is 13.9. The summed E-state index contributed by atoms with van der Waals surface area (Å²) < 4.78 is 158. The smallest absolute Gasteiger partial charge is 0.166 e. The van der Waals surface area contributed by atoms with Gasteiger partial charge in [0.2, 0.25) is 0 Å². The van der Waals surface area contributed by atoms with Crippen LogP contribution < -0.4 is 0 Å². The van der Waals surface area contributed by atoms with Gasteiger partial charge < -0.3 is 0 Å². The molecule has 0 spiro atoms. The maximum Gasteiger partial charge on any atom is 0.417 e. The van der Waals surface area contributed by atoms with Gasteiger partial charge in [-0.3, -0.25) is 0 Å². The minimum Gasteiger partial charge on any atom is -0.166 e. The number of hydrogen-bond donors (Lipinski definition) is 0. The summed E-state index contributed by atoms with van der Waals surface area (Å²) in [5, 5.41) is 0. The zero-order chi connectivity index (χ0) is 22.6. The van der Waals surface area contributed by atoms with Gasteiger partial charge in [0.1, 0.15) is 0 Å². The summed E-state index contributed by atoms with van der Waals surface area (Å²) in [6.45, 7) is 0.426. The molecule has 0 aliphatic heterocycles. The molecule has 0 atom stereocenters. The summed E-state index contributed by atoms with van der Waals surface area (Å²) in [6.07, 6.45) is -21.9. The SMILES string of the molecule is Cc1c(C(F)(F)F)cc(-c2c(C(F)(F)F)cccc2C(F)(F)F)cc1C(F)(F)F. The normalized spacial score (nSPS) is 13.7. The van der Waals surface area contributed by atoms with Gasteiger partial charge in [0.15, 0.2) is 0 Å². The third-order valence-electron chi connectivity index (χ3n) is 3.98. The molecule has 0 saturated carbocycles. The minimum absolute atomic E-state index is 0.144. The molecule has 0 N–H and O–H groups in total. The Hall–Kier alpha value is -2.40. The standard InChI is InChI=1S/C17H8F12/c1-7-11(16(24,25)26)5-8(6-12(7)17(27,28)29)13-9(14(18,19)20)3-2-4-10(13)15(21,22)23/h2-6H,1H3. The molecule has 0 aromatic heterocycles. The lowest BCUT2D eigenvalue weighted by Gasteiger charge is -2.22. The van der Waals surface area contributed by atoms with E-state index in [4.69, 9.17) is 0 Å². The summed E-state index contributed by atoms with van der Waals surface area (Å²) in [7, 11) is 0. The average molecular weight is 440 g/mol. The van der Waals surface area contributed by atoms with Gasteiger partial charge in [0, 0.05) is 5.56 Å². The van der Waals surface area contributed by atoms with Gasteiger partial charge in [0.25, 0.3) is 0 Å². The Balaban J connectivity index is 3.06. The molecule has 0 aliphatic rings. The fraction of sp³-hybridized carbons (Fsp3) is 0.294. The van der Waals surface area contributed by atoms with E-state index in [-0.39, 0.29) is 24.3 Å². The largest absolute Gasteiger partial charge is 0.417 e. The molecule has 2 aromatic rings. The molecule has 0 bridgehead atoms. The van der Waals surface area contributed by atoms with E-state index >= 15 is 0 Å². The van der Waals surface area contributed by atoms with Gasteiger partial charge in [-0.1, -0.05) is 6.07 Å². The van der Waals surface area contributed by atoms with Crippen LogP contribution in [0.2, 0.25) is 0 Å². The number of benzene rings is 2. The first kappa shape index (κ1) is 22.9. The summed E-state index contributed by atoms with van der Waals surface area (Å²) in [6, 6.07) is 0.351. The Morgan fingerprint density at radius 3 is 1.10 bits per heavy atom. The van der Waals surface area contributed by atoms with Crippen LogP contribution in [0, 0.1) is 6.92 Å². The van der Waals surface area contributed by atoms with Crippen LogP contribution in [0.1, 0.15) is 27.8 Å². The lowest BCUT2D eigenvalue weighted by molar-refractivity contribution is -0.144. The molecular weight excluding hydrogens is 432 g/mol. The lowest BCUT2D eigenvalue weighted by atomic mass is 9.89. The zero-order valence-corrected chi connectivity index (χ0v) is 13.9. The number of rotatable bonds is 1. The molecule has 160 valence electrons. The number of hydrogen-bond acceptors (Lipinski definition) is 0. The van der Waals surface area contributed by atoms with Crippen LogP contribution in [0.4, 0.5) is 52.7 Å². The molecule has 0 fully saturated rings. The molecule has 2 aromatic carbocycles. The van der Waals surface area contributed by atoms with Gasteiger partial charge >= 0.3 is 24.7 Å². The number of alkyl halides is 12. The van der Waals surface area contributed by atoms with Crippen molar-refractivity contribution in [1.82, 2.24) is 0 Å². The van der Waals surface area contributed by atoms with Crippen molar-refractivity contribution in [2.45, 2.75) is 31.6 Å². The molecule has 0 amide bonds. The molecule has 0 heterocycles. The van der Waals surface area contributed by atoms with E-state index < -0.39 is 63.6 Å². The molecule has 12 heteroatoms. The maximum atomic E-state index is 13.2. The molecule has 0 radical (unpaired) electrons. The Bertz CT molecular complexity index is 843. The molecule has 29 heavy (non-hydrogen) atoms. The van der Waals surface area contributed by atoms with Crippen molar-refractivity contribution in [2.24, 2.45) is 0 Å². The van der Waals surface area contributed by atoms with Crippen LogP contribution in [0.5, 0.6) is 0 Å². The summed E-state index contributed by atoms with van der Waals surface area (Å²) in [5.74, 6) is 0. The predicted octanol–water partition coefficient (Wildman–Crippen LogP) is 7.74. The molecular formula is C17H8F12. The highest BCUT2D eigenvalue weighted by molar-refractivity contribution is 5.74. The Morgan fingerprint density at radius 2 is 0.828 bits per heavy atom. The van der Waals surface area contributed by atoms with E-state index in [0.29, 0.717) is 13.0 Å². The van der Waals surface area contributed by atoms with E-state index in [0.717, 1.165) is 0 Å². The third-order valence-corrected chi connectivity index (χ3v) is 3.98. The van der Waals surface area contributed by atoms with Gasteiger partial charge in [-0.15, -0.1) is 0 Å². The molecule has 0 nitrogen and oxygen atoms in total. The fourth-order valence-corrected chi connectivity index (χ4v) is 2.78. The Morgan fingerprint density at radius 1 is 0.517 bits per heavy atom. The van der Waals surface area contributed by atoms with Crippen molar-refractivity contribution in [3.05, 3.63) is 58.1 Å². The van der Waals surface area contributed by atoms with E-state index in [2.05, 4.69) is 0 Å². The van der Waals surface area contributed by atoms with Crippen LogP contribution in [-0.2, 0) is 24.7 Å². The highest BCUT2D eigenvalue weighted by Gasteiger charge is 2.44. The van der Waals surface area contributed by atoms with Gasteiger partial charge in [-0.05, 0) is 42.3 Å². The van der Waals surface area contributed by atoms with Crippen LogP contribution in [-0.4, -0.2) is 0 Å². The van der Waals surface area contributed by atoms with Crippen LogP contribution in [0.3, 0.4) is 0 Å². The summed E-state index contributed by atoms with van der Waals surface area (Å²) in [5.41, 5.74) is -12.7. The summed E-state index contributed by atoms with van der Waals surface area (Å²) in [4.78, 5) is 0. The first-order valence-electron chi connectivity index (χ1n) is 7.42. The third kappa shape index (κ3) is 4.61. The molecule has 0 unspecified atom stereocenters. The average Bonchev–Trinajstić information content (AvgIpc) is 2.50. The summed E-state index contributed by atoms with van der Waals surface area (Å²) >= 11 is 0. The van der Waals surface area contributed by atoms with E-state index in [1.165, 1.54) is 0 Å². The first-order valence-corrected chi connectivity index (χ1v) is 7.42. The van der Waals surface area contributed by atoms with Crippen molar-refractivity contribution >= 4 is 0 Å². The quantitative estimate of drug-likeness (QED) is 0.398. The van der Waals surface area contributed by atoms with Crippen LogP contribution in [0.15, 0.2) is 30.3 Å². The first-order chi connectivity index (χ1) is 12.8. The van der Waals surface area contributed by atoms with Gasteiger partial charge in [-0.25, -0.2) is 0 Å². The van der Waals surface area contributed by atoms with Gasteiger partial charge in [0.05, 0.1) is 22.3 Å². The Labute approximate surface area is 154 Å². The van der Waals surface area contributed by atoms with Crippen molar-refractivity contribution in [2.75, 3.05) is 0 Å². The van der Waals surface area contributed by atoms with Crippen LogP contribution >= 0.6 is 0 Å². The molecule has 0 aliphatic carbocycles. The van der Waals surface area contributed by atoms with Crippen LogP contribution in [0.25, 0.3) is 11.1 Å². The van der Waals surface area contributed by atoms with E-state index in [1.807, 2.05) is 0 Å². The second kappa shape index (κ2) is 6.84. The predicted molar refractivity (Wildman–Crippen MR) is 76.6 cm³/mol. The van der Waals surface area contributed by atoms with Gasteiger partial charge in [-0.2, -0.15) is 52.7 Å². The van der Waals surface area contributed by atoms with Crippen molar-refractivity contribution in [3.63, 3.8) is 0 Å².